The van der Waals surface area contributed by atoms with Gasteiger partial charge in [0.25, 0.3) is 0 Å². The Balaban J connectivity index is 2.75. The summed E-state index contributed by atoms with van der Waals surface area (Å²) in [5, 5.41) is 22.9. The first-order chi connectivity index (χ1) is 8.82. The number of hydrogen-bond acceptors (Lipinski definition) is 3. The highest BCUT2D eigenvalue weighted by Gasteiger charge is 2.25. The third-order valence-corrected chi connectivity index (χ3v) is 3.72. The molecule has 0 saturated carbocycles. The molecule has 7 heteroatoms. The molecular weight excluding hydrogens is 363 g/mol. The molecule has 0 heterocycles. The fourth-order valence-electron chi connectivity index (χ4n) is 1.43. The lowest BCUT2D eigenvalue weighted by Gasteiger charge is -2.18. The summed E-state index contributed by atoms with van der Waals surface area (Å²) in [4.78, 5) is 22.5. The van der Waals surface area contributed by atoms with E-state index < -0.39 is 24.1 Å². The summed E-state index contributed by atoms with van der Waals surface area (Å²) in [6.07, 6.45) is -1.18. The van der Waals surface area contributed by atoms with Crippen LogP contribution >= 0.6 is 22.6 Å². The van der Waals surface area contributed by atoms with Gasteiger partial charge in [0.2, 0.25) is 0 Å². The highest BCUT2D eigenvalue weighted by atomic mass is 127. The molecule has 0 bridgehead atoms. The number of aliphatic carboxylic acids is 1. The average Bonchev–Trinajstić information content (AvgIpc) is 2.31. The minimum atomic E-state index is -1.34. The molecule has 1 aromatic rings. The number of urea groups is 1. The maximum absolute atomic E-state index is 11.7. The number of hydrogen-bond donors (Lipinski definition) is 4. The summed E-state index contributed by atoms with van der Waals surface area (Å²) >= 11 is 2.14. The van der Waals surface area contributed by atoms with E-state index in [4.69, 9.17) is 5.11 Å². The molecule has 0 radical (unpaired) electrons. The predicted molar refractivity (Wildman–Crippen MR) is 79.2 cm³/mol. The van der Waals surface area contributed by atoms with Gasteiger partial charge in [-0.25, -0.2) is 9.59 Å². The van der Waals surface area contributed by atoms with E-state index >= 15 is 0 Å². The molecule has 2 amide bonds. The summed E-state index contributed by atoms with van der Waals surface area (Å²) in [6, 6.07) is 3.39. The SMILES string of the molecule is Cc1c(I)cccc1NC(=O)NC(C(=O)O)C(C)O. The van der Waals surface area contributed by atoms with E-state index in [9.17, 15) is 14.7 Å². The number of aliphatic hydroxyl groups excluding tert-OH is 1. The zero-order valence-corrected chi connectivity index (χ0v) is 12.6. The van der Waals surface area contributed by atoms with Gasteiger partial charge in [0.1, 0.15) is 0 Å². The van der Waals surface area contributed by atoms with Crippen LogP contribution in [0, 0.1) is 10.5 Å². The zero-order valence-electron chi connectivity index (χ0n) is 10.5. The number of nitrogens with one attached hydrogen (secondary N) is 2. The largest absolute Gasteiger partial charge is 0.480 e. The Morgan fingerprint density at radius 3 is 2.53 bits per heavy atom. The fourth-order valence-corrected chi connectivity index (χ4v) is 1.93. The van der Waals surface area contributed by atoms with Crippen molar-refractivity contribution in [2.24, 2.45) is 0 Å². The molecule has 0 aromatic heterocycles. The van der Waals surface area contributed by atoms with E-state index in [1.165, 1.54) is 6.92 Å². The van der Waals surface area contributed by atoms with Crippen LogP contribution in [0.15, 0.2) is 18.2 Å². The van der Waals surface area contributed by atoms with E-state index in [-0.39, 0.29) is 0 Å². The third-order valence-electron chi connectivity index (χ3n) is 2.55. The zero-order chi connectivity index (χ0) is 14.6. The van der Waals surface area contributed by atoms with Crippen LogP contribution in [0.4, 0.5) is 10.5 Å². The van der Waals surface area contributed by atoms with E-state index in [2.05, 4.69) is 33.2 Å². The van der Waals surface area contributed by atoms with Crippen LogP contribution in [0.25, 0.3) is 0 Å². The van der Waals surface area contributed by atoms with Crippen molar-refractivity contribution < 1.29 is 19.8 Å². The Labute approximate surface area is 124 Å². The van der Waals surface area contributed by atoms with Crippen molar-refractivity contribution in [1.29, 1.82) is 0 Å². The molecular formula is C12H15IN2O4. The van der Waals surface area contributed by atoms with Gasteiger partial charge in [0, 0.05) is 9.26 Å². The number of anilines is 1. The van der Waals surface area contributed by atoms with Crippen molar-refractivity contribution in [3.8, 4) is 0 Å². The molecule has 19 heavy (non-hydrogen) atoms. The monoisotopic (exact) mass is 378 g/mol. The van der Waals surface area contributed by atoms with E-state index in [0.29, 0.717) is 5.69 Å². The van der Waals surface area contributed by atoms with Crippen LogP contribution in [0.2, 0.25) is 0 Å². The van der Waals surface area contributed by atoms with Crippen molar-refractivity contribution in [2.45, 2.75) is 26.0 Å². The van der Waals surface area contributed by atoms with Gasteiger partial charge in [0.05, 0.1) is 6.10 Å². The molecule has 0 aliphatic rings. The van der Waals surface area contributed by atoms with Crippen molar-refractivity contribution in [3.63, 3.8) is 0 Å². The van der Waals surface area contributed by atoms with Gasteiger partial charge in [0.15, 0.2) is 6.04 Å². The van der Waals surface area contributed by atoms with Crippen molar-refractivity contribution in [2.75, 3.05) is 5.32 Å². The van der Waals surface area contributed by atoms with Gasteiger partial charge < -0.3 is 20.8 Å². The van der Waals surface area contributed by atoms with Crippen LogP contribution in [-0.2, 0) is 4.79 Å². The van der Waals surface area contributed by atoms with Crippen molar-refractivity contribution in [3.05, 3.63) is 27.3 Å². The first-order valence-electron chi connectivity index (χ1n) is 5.56. The summed E-state index contributed by atoms with van der Waals surface area (Å²) < 4.78 is 0.987. The number of carboxylic acids is 1. The smallest absolute Gasteiger partial charge is 0.328 e. The Bertz CT molecular complexity index is 491. The number of carbonyl (C=O) groups is 2. The predicted octanol–water partition coefficient (Wildman–Crippen LogP) is 1.56. The molecule has 104 valence electrons. The molecule has 6 nitrogen and oxygen atoms in total. The molecule has 0 aliphatic heterocycles. The first kappa shape index (κ1) is 15.7. The number of carbonyl (C=O) groups excluding carboxylic acids is 1. The Hall–Kier alpha value is -1.35. The third kappa shape index (κ3) is 4.35. The summed E-state index contributed by atoms with van der Waals surface area (Å²) in [6.45, 7) is 3.15. The summed E-state index contributed by atoms with van der Waals surface area (Å²) in [5.41, 5.74) is 1.49. The lowest BCUT2D eigenvalue weighted by molar-refractivity contribution is -0.141. The average molecular weight is 378 g/mol. The highest BCUT2D eigenvalue weighted by Crippen LogP contribution is 2.20. The quantitative estimate of drug-likeness (QED) is 0.598. The molecule has 0 fully saturated rings. The highest BCUT2D eigenvalue weighted by molar-refractivity contribution is 14.1. The molecule has 0 saturated heterocycles. The number of halogens is 1. The molecule has 2 unspecified atom stereocenters. The minimum absolute atomic E-state index is 0.596. The molecule has 1 aromatic carbocycles. The summed E-state index contributed by atoms with van der Waals surface area (Å²) in [7, 11) is 0. The Morgan fingerprint density at radius 1 is 1.37 bits per heavy atom. The van der Waals surface area contributed by atoms with Crippen LogP contribution < -0.4 is 10.6 Å². The molecule has 0 spiro atoms. The van der Waals surface area contributed by atoms with Crippen LogP contribution in [0.5, 0.6) is 0 Å². The maximum Gasteiger partial charge on any atom is 0.328 e. The normalized spacial score (nSPS) is 13.5. The van der Waals surface area contributed by atoms with Crippen LogP contribution in [0.3, 0.4) is 0 Å². The number of rotatable bonds is 4. The molecule has 0 aliphatic carbocycles. The standard InChI is InChI=1S/C12H15IN2O4/c1-6-8(13)4-3-5-9(6)14-12(19)15-10(7(2)16)11(17)18/h3-5,7,10,16H,1-2H3,(H,17,18)(H2,14,15,19). The molecule has 1 rings (SSSR count). The van der Waals surface area contributed by atoms with E-state index in [1.807, 2.05) is 13.0 Å². The van der Waals surface area contributed by atoms with Gasteiger partial charge in [-0.1, -0.05) is 6.07 Å². The van der Waals surface area contributed by atoms with Crippen LogP contribution in [-0.4, -0.2) is 34.4 Å². The number of carboxylic acid groups (broad SMARTS) is 1. The van der Waals surface area contributed by atoms with E-state index in [1.54, 1.807) is 12.1 Å². The second-order valence-corrected chi connectivity index (χ2v) is 5.23. The second-order valence-electron chi connectivity index (χ2n) is 4.07. The van der Waals surface area contributed by atoms with Crippen molar-refractivity contribution in [1.82, 2.24) is 5.32 Å². The van der Waals surface area contributed by atoms with Gasteiger partial charge in [-0.3, -0.25) is 0 Å². The van der Waals surface area contributed by atoms with Crippen LogP contribution in [0.1, 0.15) is 12.5 Å². The Kier molecular flexibility index (Phi) is 5.55. The number of aliphatic hydroxyl groups is 1. The fraction of sp³-hybridized carbons (Fsp3) is 0.333. The molecule has 4 N–H and O–H groups in total. The van der Waals surface area contributed by atoms with Gasteiger partial charge in [-0.05, 0) is 54.1 Å². The first-order valence-corrected chi connectivity index (χ1v) is 6.64. The lowest BCUT2D eigenvalue weighted by Crippen LogP contribution is -2.49. The number of amides is 2. The van der Waals surface area contributed by atoms with E-state index in [0.717, 1.165) is 9.13 Å². The van der Waals surface area contributed by atoms with Crippen molar-refractivity contribution >= 4 is 40.3 Å². The van der Waals surface area contributed by atoms with Gasteiger partial charge in [-0.2, -0.15) is 0 Å². The topological polar surface area (TPSA) is 98.7 Å². The second kappa shape index (κ2) is 6.71. The Morgan fingerprint density at radius 2 is 2.00 bits per heavy atom. The molecule has 2 atom stereocenters. The lowest BCUT2D eigenvalue weighted by atomic mass is 10.2. The van der Waals surface area contributed by atoms with Gasteiger partial charge in [-0.15, -0.1) is 0 Å². The van der Waals surface area contributed by atoms with Gasteiger partial charge >= 0.3 is 12.0 Å². The maximum atomic E-state index is 11.7. The number of benzene rings is 1. The minimum Gasteiger partial charge on any atom is -0.480 e. The summed E-state index contributed by atoms with van der Waals surface area (Å²) in [5.74, 6) is -1.29.